The van der Waals surface area contributed by atoms with Gasteiger partial charge < -0.3 is 29.2 Å². The zero-order chi connectivity index (χ0) is 22.5. The van der Waals surface area contributed by atoms with Gasteiger partial charge in [-0.1, -0.05) is 18.2 Å². The van der Waals surface area contributed by atoms with E-state index >= 15 is 0 Å². The van der Waals surface area contributed by atoms with Crippen LogP contribution in [0.2, 0.25) is 0 Å². The number of hydrogen-bond acceptors (Lipinski definition) is 8. The molecule has 5 rings (SSSR count). The summed E-state index contributed by atoms with van der Waals surface area (Å²) >= 11 is 0. The van der Waals surface area contributed by atoms with Gasteiger partial charge in [0, 0.05) is 39.1 Å². The lowest BCUT2D eigenvalue weighted by molar-refractivity contribution is -0.127. The zero-order valence-electron chi connectivity index (χ0n) is 18.7. The summed E-state index contributed by atoms with van der Waals surface area (Å²) in [5.41, 5.74) is 1.49. The van der Waals surface area contributed by atoms with E-state index in [9.17, 15) is 4.79 Å². The number of anilines is 2. The summed E-state index contributed by atoms with van der Waals surface area (Å²) in [6, 6.07) is 9.74. The highest BCUT2D eigenvalue weighted by atomic mass is 16.5. The van der Waals surface area contributed by atoms with Crippen molar-refractivity contribution in [3.05, 3.63) is 36.7 Å². The van der Waals surface area contributed by atoms with Crippen molar-refractivity contribution >= 4 is 28.8 Å². The SMILES string of the molecule is O=C1CCCN1CCn1cnc2c(NCCOc3ccccc3)nc(N3CCOCC3)nc21. The summed E-state index contributed by atoms with van der Waals surface area (Å²) in [7, 11) is 0. The lowest BCUT2D eigenvalue weighted by Gasteiger charge is -2.27. The Morgan fingerprint density at radius 2 is 1.91 bits per heavy atom. The molecule has 1 amide bonds. The molecule has 10 heteroatoms. The first-order valence-electron chi connectivity index (χ1n) is 11.5. The van der Waals surface area contributed by atoms with Gasteiger partial charge in [-0.3, -0.25) is 4.79 Å². The van der Waals surface area contributed by atoms with E-state index in [0.29, 0.717) is 57.6 Å². The quantitative estimate of drug-likeness (QED) is 0.492. The Morgan fingerprint density at radius 1 is 1.06 bits per heavy atom. The molecule has 1 aromatic carbocycles. The number of carbonyl (C=O) groups is 1. The first-order valence-corrected chi connectivity index (χ1v) is 11.5. The maximum absolute atomic E-state index is 12.0. The number of nitrogens with one attached hydrogen (secondary N) is 1. The molecule has 2 aromatic heterocycles. The lowest BCUT2D eigenvalue weighted by Crippen LogP contribution is -2.37. The van der Waals surface area contributed by atoms with Crippen LogP contribution in [0.1, 0.15) is 12.8 Å². The number of carbonyl (C=O) groups excluding carboxylic acids is 1. The van der Waals surface area contributed by atoms with Crippen molar-refractivity contribution in [1.82, 2.24) is 24.4 Å². The Balaban J connectivity index is 1.34. The van der Waals surface area contributed by atoms with Gasteiger partial charge in [0.25, 0.3) is 0 Å². The molecule has 0 bridgehead atoms. The lowest BCUT2D eigenvalue weighted by atomic mass is 10.3. The third-order valence-electron chi connectivity index (χ3n) is 5.93. The smallest absolute Gasteiger partial charge is 0.229 e. The number of aromatic nitrogens is 4. The van der Waals surface area contributed by atoms with E-state index in [0.717, 1.165) is 43.0 Å². The van der Waals surface area contributed by atoms with E-state index in [2.05, 4.69) is 15.2 Å². The van der Waals surface area contributed by atoms with Crippen LogP contribution in [-0.4, -0.2) is 82.9 Å². The summed E-state index contributed by atoms with van der Waals surface area (Å²) in [5.74, 6) is 2.41. The predicted octanol–water partition coefficient (Wildman–Crippen LogP) is 1.78. The van der Waals surface area contributed by atoms with Gasteiger partial charge in [-0.15, -0.1) is 0 Å². The number of imidazole rings is 1. The third-order valence-corrected chi connectivity index (χ3v) is 5.93. The van der Waals surface area contributed by atoms with E-state index < -0.39 is 0 Å². The van der Waals surface area contributed by atoms with Crippen LogP contribution in [0, 0.1) is 0 Å². The number of fused-ring (bicyclic) bond motifs is 1. The number of morpholine rings is 1. The minimum atomic E-state index is 0.226. The van der Waals surface area contributed by atoms with Crippen LogP contribution < -0.4 is 15.0 Å². The Labute approximate surface area is 192 Å². The molecule has 1 N–H and O–H groups in total. The van der Waals surface area contributed by atoms with E-state index in [-0.39, 0.29) is 5.91 Å². The van der Waals surface area contributed by atoms with Gasteiger partial charge in [0.15, 0.2) is 17.0 Å². The van der Waals surface area contributed by atoms with E-state index in [1.54, 1.807) is 6.33 Å². The largest absolute Gasteiger partial charge is 0.492 e. The van der Waals surface area contributed by atoms with Gasteiger partial charge in [-0.2, -0.15) is 9.97 Å². The maximum Gasteiger partial charge on any atom is 0.229 e. The highest BCUT2D eigenvalue weighted by Gasteiger charge is 2.22. The number of likely N-dealkylation sites (tertiary alicyclic amines) is 1. The average Bonchev–Trinajstić information content (AvgIpc) is 3.47. The number of rotatable bonds is 9. The van der Waals surface area contributed by atoms with Crippen molar-refractivity contribution < 1.29 is 14.3 Å². The molecule has 33 heavy (non-hydrogen) atoms. The molecule has 2 aliphatic rings. The Morgan fingerprint density at radius 3 is 2.70 bits per heavy atom. The van der Waals surface area contributed by atoms with E-state index in [1.165, 1.54) is 0 Å². The predicted molar refractivity (Wildman–Crippen MR) is 125 cm³/mol. The standard InChI is InChI=1S/C23H29N7O3/c31-19-7-4-9-28(19)10-11-30-17-25-20-21(24-8-14-33-18-5-2-1-3-6-18)26-23(27-22(20)30)29-12-15-32-16-13-29/h1-3,5-6,17H,4,7-16H2,(H,24,26,27). The molecule has 3 aromatic rings. The molecule has 2 fully saturated rings. The summed E-state index contributed by atoms with van der Waals surface area (Å²) in [6.45, 7) is 6.04. The summed E-state index contributed by atoms with van der Waals surface area (Å²) in [6.07, 6.45) is 3.37. The van der Waals surface area contributed by atoms with Gasteiger partial charge in [0.05, 0.1) is 26.1 Å². The molecule has 0 atom stereocenters. The molecule has 2 saturated heterocycles. The minimum Gasteiger partial charge on any atom is -0.492 e. The zero-order valence-corrected chi connectivity index (χ0v) is 18.7. The average molecular weight is 452 g/mol. The number of nitrogens with zero attached hydrogens (tertiary/aromatic N) is 6. The van der Waals surface area contributed by atoms with Gasteiger partial charge in [0.2, 0.25) is 11.9 Å². The van der Waals surface area contributed by atoms with E-state index in [4.69, 9.17) is 19.4 Å². The molecule has 174 valence electrons. The van der Waals surface area contributed by atoms with Crippen LogP contribution in [-0.2, 0) is 16.1 Å². The second kappa shape index (κ2) is 10.0. The fourth-order valence-corrected chi connectivity index (χ4v) is 4.15. The van der Waals surface area contributed by atoms with Crippen LogP contribution >= 0.6 is 0 Å². The fourth-order valence-electron chi connectivity index (χ4n) is 4.15. The normalized spacial score (nSPS) is 16.5. The number of amides is 1. The van der Waals surface area contributed by atoms with Gasteiger partial charge in [0.1, 0.15) is 12.4 Å². The molecule has 4 heterocycles. The summed E-state index contributed by atoms with van der Waals surface area (Å²) in [4.78, 5) is 30.3. The molecule has 0 unspecified atom stereocenters. The second-order valence-corrected chi connectivity index (χ2v) is 8.15. The molecule has 0 aliphatic carbocycles. The van der Waals surface area contributed by atoms with Crippen molar-refractivity contribution in [1.29, 1.82) is 0 Å². The highest BCUT2D eigenvalue weighted by molar-refractivity contribution is 5.84. The van der Waals surface area contributed by atoms with Crippen molar-refractivity contribution in [2.24, 2.45) is 0 Å². The molecule has 0 radical (unpaired) electrons. The minimum absolute atomic E-state index is 0.226. The molecule has 2 aliphatic heterocycles. The maximum atomic E-state index is 12.0. The van der Waals surface area contributed by atoms with Crippen molar-refractivity contribution in [3.63, 3.8) is 0 Å². The molecule has 10 nitrogen and oxygen atoms in total. The molecule has 0 spiro atoms. The van der Waals surface area contributed by atoms with Crippen LogP contribution in [0.25, 0.3) is 11.2 Å². The van der Waals surface area contributed by atoms with Gasteiger partial charge >= 0.3 is 0 Å². The number of benzene rings is 1. The van der Waals surface area contributed by atoms with Crippen LogP contribution in [0.3, 0.4) is 0 Å². The second-order valence-electron chi connectivity index (χ2n) is 8.15. The first kappa shape index (κ1) is 21.4. The summed E-state index contributed by atoms with van der Waals surface area (Å²) in [5, 5.41) is 3.38. The molecule has 0 saturated carbocycles. The third kappa shape index (κ3) is 5.00. The Hall–Kier alpha value is -3.40. The van der Waals surface area contributed by atoms with Crippen molar-refractivity contribution in [3.8, 4) is 5.75 Å². The molecular weight excluding hydrogens is 422 g/mol. The number of ether oxygens (including phenoxy) is 2. The molecular formula is C23H29N7O3. The van der Waals surface area contributed by atoms with Crippen LogP contribution in [0.15, 0.2) is 36.7 Å². The highest BCUT2D eigenvalue weighted by Crippen LogP contribution is 2.23. The van der Waals surface area contributed by atoms with Crippen LogP contribution in [0.5, 0.6) is 5.75 Å². The first-order chi connectivity index (χ1) is 16.3. The topological polar surface area (TPSA) is 97.6 Å². The number of para-hydroxylation sites is 1. The van der Waals surface area contributed by atoms with Gasteiger partial charge in [-0.05, 0) is 18.6 Å². The van der Waals surface area contributed by atoms with Crippen molar-refractivity contribution in [2.45, 2.75) is 19.4 Å². The van der Waals surface area contributed by atoms with E-state index in [1.807, 2.05) is 39.8 Å². The van der Waals surface area contributed by atoms with Crippen LogP contribution in [0.4, 0.5) is 11.8 Å². The number of hydrogen-bond donors (Lipinski definition) is 1. The monoisotopic (exact) mass is 451 g/mol. The Kier molecular flexibility index (Phi) is 6.52. The van der Waals surface area contributed by atoms with Gasteiger partial charge in [-0.25, -0.2) is 4.98 Å². The van der Waals surface area contributed by atoms with Crippen molar-refractivity contribution in [2.75, 3.05) is 62.8 Å². The fraction of sp³-hybridized carbons (Fsp3) is 0.478. The summed E-state index contributed by atoms with van der Waals surface area (Å²) < 4.78 is 13.3. The Bertz CT molecular complexity index is 1080.